The lowest BCUT2D eigenvalue weighted by Crippen LogP contribution is -2.40. The fourth-order valence-electron chi connectivity index (χ4n) is 4.43. The van der Waals surface area contributed by atoms with Gasteiger partial charge in [0.25, 0.3) is 5.91 Å². The number of nitrogens with two attached hydrogens (primary N) is 1. The third-order valence-electron chi connectivity index (χ3n) is 6.14. The van der Waals surface area contributed by atoms with Crippen LogP contribution in [0.2, 0.25) is 0 Å². The molecule has 196 valence electrons. The number of anilines is 1. The summed E-state index contributed by atoms with van der Waals surface area (Å²) in [5.74, 6) is -1.54. The first-order valence-corrected chi connectivity index (χ1v) is 11.7. The molecule has 1 aliphatic rings. The number of carbonyl (C=O) groups is 1. The molecule has 4 rings (SSSR count). The monoisotopic (exact) mass is 515 g/mol. The molecular weight excluding hydrogens is 487 g/mol. The van der Waals surface area contributed by atoms with E-state index in [4.69, 9.17) is 10.5 Å². The average molecular weight is 516 g/mol. The minimum Gasteiger partial charge on any atom is -0.480 e. The summed E-state index contributed by atoms with van der Waals surface area (Å²) in [5, 5.41) is 2.92. The molecule has 1 aliphatic heterocycles. The van der Waals surface area contributed by atoms with E-state index in [1.54, 1.807) is 25.3 Å². The number of benzene rings is 1. The summed E-state index contributed by atoms with van der Waals surface area (Å²) in [5.41, 5.74) is 7.52. The van der Waals surface area contributed by atoms with Gasteiger partial charge in [0.2, 0.25) is 5.88 Å². The molecule has 0 bridgehead atoms. The topological polar surface area (TPSA) is 103 Å². The summed E-state index contributed by atoms with van der Waals surface area (Å²) in [4.78, 5) is 24.0. The third kappa shape index (κ3) is 5.93. The van der Waals surface area contributed by atoms with E-state index >= 15 is 0 Å². The molecule has 2 atom stereocenters. The summed E-state index contributed by atoms with van der Waals surface area (Å²) >= 11 is 0. The number of rotatable bonds is 8. The largest absolute Gasteiger partial charge is 0.480 e. The Labute approximate surface area is 212 Å². The molecule has 0 aliphatic carbocycles. The SMILES string of the molecule is COc1ncc(C(=O)NC(C)c2ccccn2)c(N2CC[C@](C)(N)C2)c1-c1cc(F)cc(OC(F)F)c1. The fourth-order valence-corrected chi connectivity index (χ4v) is 4.43. The van der Waals surface area contributed by atoms with E-state index in [9.17, 15) is 18.0 Å². The Morgan fingerprint density at radius 1 is 1.24 bits per heavy atom. The van der Waals surface area contributed by atoms with E-state index in [1.165, 1.54) is 19.4 Å². The van der Waals surface area contributed by atoms with Crippen LogP contribution in [0.4, 0.5) is 18.9 Å². The van der Waals surface area contributed by atoms with Crippen LogP contribution < -0.4 is 25.4 Å². The van der Waals surface area contributed by atoms with Crippen molar-refractivity contribution in [2.45, 2.75) is 38.5 Å². The Bertz CT molecular complexity index is 1270. The van der Waals surface area contributed by atoms with Crippen LogP contribution in [0.25, 0.3) is 11.1 Å². The molecule has 1 unspecified atom stereocenters. The predicted molar refractivity (Wildman–Crippen MR) is 132 cm³/mol. The van der Waals surface area contributed by atoms with E-state index < -0.39 is 29.9 Å². The molecular formula is C26H28F3N5O3. The highest BCUT2D eigenvalue weighted by molar-refractivity contribution is 6.04. The molecule has 8 nitrogen and oxygen atoms in total. The summed E-state index contributed by atoms with van der Waals surface area (Å²) in [6, 6.07) is 8.22. The Kier molecular flexibility index (Phi) is 7.53. The number of nitrogens with zero attached hydrogens (tertiary/aromatic N) is 3. The van der Waals surface area contributed by atoms with Gasteiger partial charge in [-0.05, 0) is 50.1 Å². The maximum atomic E-state index is 14.5. The standard InChI is InChI=1S/C26H28F3N5O3/c1-15(20-6-4-5-8-31-20)33-23(35)19-13-32-24(36-3)21(22(19)34-9-7-26(2,30)14-34)16-10-17(27)12-18(11-16)37-25(28)29/h4-6,8,10-13,15,25H,7,9,14,30H2,1-3H3,(H,33,35)/t15?,26-/m0/s1. The van der Waals surface area contributed by atoms with Crippen molar-refractivity contribution in [2.75, 3.05) is 25.1 Å². The zero-order valence-electron chi connectivity index (χ0n) is 20.7. The third-order valence-corrected chi connectivity index (χ3v) is 6.14. The van der Waals surface area contributed by atoms with Gasteiger partial charge >= 0.3 is 6.61 Å². The van der Waals surface area contributed by atoms with Crippen molar-refractivity contribution in [3.8, 4) is 22.8 Å². The van der Waals surface area contributed by atoms with Crippen molar-refractivity contribution < 1.29 is 27.4 Å². The summed E-state index contributed by atoms with van der Waals surface area (Å²) in [7, 11) is 1.38. The molecule has 3 heterocycles. The number of methoxy groups -OCH3 is 1. The fraction of sp³-hybridized carbons (Fsp3) is 0.346. The maximum absolute atomic E-state index is 14.5. The smallest absolute Gasteiger partial charge is 0.387 e. The molecule has 1 aromatic carbocycles. The van der Waals surface area contributed by atoms with E-state index in [1.807, 2.05) is 17.9 Å². The van der Waals surface area contributed by atoms with Gasteiger partial charge in [-0.25, -0.2) is 9.37 Å². The summed E-state index contributed by atoms with van der Waals surface area (Å²) < 4.78 is 50.3. The molecule has 37 heavy (non-hydrogen) atoms. The van der Waals surface area contributed by atoms with Crippen LogP contribution in [-0.2, 0) is 0 Å². The lowest BCUT2D eigenvalue weighted by Gasteiger charge is -2.28. The first kappa shape index (κ1) is 26.2. The van der Waals surface area contributed by atoms with Crippen LogP contribution in [0.1, 0.15) is 42.4 Å². The van der Waals surface area contributed by atoms with Crippen LogP contribution in [0.15, 0.2) is 48.8 Å². The van der Waals surface area contributed by atoms with Crippen molar-refractivity contribution in [3.05, 3.63) is 65.9 Å². The number of hydrogen-bond donors (Lipinski definition) is 2. The number of ether oxygens (including phenoxy) is 2. The van der Waals surface area contributed by atoms with Crippen molar-refractivity contribution in [1.29, 1.82) is 0 Å². The first-order valence-electron chi connectivity index (χ1n) is 11.7. The van der Waals surface area contributed by atoms with Gasteiger partial charge in [0.05, 0.1) is 35.7 Å². The Morgan fingerprint density at radius 2 is 2.03 bits per heavy atom. The number of aromatic nitrogens is 2. The highest BCUT2D eigenvalue weighted by Crippen LogP contribution is 2.43. The quantitative estimate of drug-likeness (QED) is 0.461. The molecule has 11 heteroatoms. The first-order chi connectivity index (χ1) is 17.6. The van der Waals surface area contributed by atoms with Gasteiger partial charge < -0.3 is 25.4 Å². The van der Waals surface area contributed by atoms with E-state index in [2.05, 4.69) is 20.0 Å². The molecule has 1 saturated heterocycles. The molecule has 1 amide bonds. The van der Waals surface area contributed by atoms with Gasteiger partial charge in [-0.1, -0.05) is 6.07 Å². The molecule has 2 aromatic heterocycles. The zero-order chi connectivity index (χ0) is 26.7. The highest BCUT2D eigenvalue weighted by atomic mass is 19.3. The van der Waals surface area contributed by atoms with Crippen molar-refractivity contribution >= 4 is 11.6 Å². The van der Waals surface area contributed by atoms with Crippen molar-refractivity contribution in [2.24, 2.45) is 5.73 Å². The van der Waals surface area contributed by atoms with Crippen molar-refractivity contribution in [1.82, 2.24) is 15.3 Å². The van der Waals surface area contributed by atoms with Crippen LogP contribution >= 0.6 is 0 Å². The lowest BCUT2D eigenvalue weighted by atomic mass is 9.99. The Balaban J connectivity index is 1.86. The van der Waals surface area contributed by atoms with Crippen LogP contribution in [0, 0.1) is 5.82 Å². The number of pyridine rings is 2. The second-order valence-electron chi connectivity index (χ2n) is 9.23. The zero-order valence-corrected chi connectivity index (χ0v) is 20.7. The molecule has 0 saturated carbocycles. The highest BCUT2D eigenvalue weighted by Gasteiger charge is 2.35. The van der Waals surface area contributed by atoms with Gasteiger partial charge in [0.1, 0.15) is 11.6 Å². The van der Waals surface area contributed by atoms with Crippen LogP contribution in [0.3, 0.4) is 0 Å². The predicted octanol–water partition coefficient (Wildman–Crippen LogP) is 4.31. The second-order valence-corrected chi connectivity index (χ2v) is 9.23. The van der Waals surface area contributed by atoms with Gasteiger partial charge in [-0.3, -0.25) is 9.78 Å². The van der Waals surface area contributed by atoms with Gasteiger partial charge in [0.15, 0.2) is 0 Å². The lowest BCUT2D eigenvalue weighted by molar-refractivity contribution is -0.0499. The minimum absolute atomic E-state index is 0.0866. The Morgan fingerprint density at radius 3 is 2.65 bits per heavy atom. The van der Waals surface area contributed by atoms with Crippen molar-refractivity contribution in [3.63, 3.8) is 0 Å². The van der Waals surface area contributed by atoms with E-state index in [0.29, 0.717) is 30.9 Å². The summed E-state index contributed by atoms with van der Waals surface area (Å²) in [6.07, 6.45) is 3.64. The number of alkyl halides is 2. The number of nitrogens with one attached hydrogen (secondary N) is 1. The number of hydrogen-bond acceptors (Lipinski definition) is 7. The van der Waals surface area contributed by atoms with Crippen LogP contribution in [-0.4, -0.2) is 48.2 Å². The maximum Gasteiger partial charge on any atom is 0.387 e. The molecule has 3 N–H and O–H groups in total. The van der Waals surface area contributed by atoms with Gasteiger partial charge in [-0.15, -0.1) is 0 Å². The molecule has 3 aromatic rings. The average Bonchev–Trinajstić information content (AvgIpc) is 3.21. The van der Waals surface area contributed by atoms with Gasteiger partial charge in [-0.2, -0.15) is 8.78 Å². The Hall–Kier alpha value is -3.86. The van der Waals surface area contributed by atoms with E-state index in [-0.39, 0.29) is 28.3 Å². The minimum atomic E-state index is -3.14. The summed E-state index contributed by atoms with van der Waals surface area (Å²) in [6.45, 7) is 1.43. The molecule has 1 fully saturated rings. The van der Waals surface area contributed by atoms with Crippen LogP contribution in [0.5, 0.6) is 11.6 Å². The second kappa shape index (κ2) is 10.6. The number of amides is 1. The molecule has 0 spiro atoms. The normalized spacial score (nSPS) is 18.1. The number of carbonyl (C=O) groups excluding carboxylic acids is 1. The van der Waals surface area contributed by atoms with E-state index in [0.717, 1.165) is 12.1 Å². The number of halogens is 3. The molecule has 0 radical (unpaired) electrons. The van der Waals surface area contributed by atoms with Gasteiger partial charge in [0, 0.05) is 37.1 Å².